The predicted octanol–water partition coefficient (Wildman–Crippen LogP) is 4.58. The van der Waals surface area contributed by atoms with E-state index in [1.54, 1.807) is 6.07 Å². The fourth-order valence-electron chi connectivity index (χ4n) is 2.21. The summed E-state index contributed by atoms with van der Waals surface area (Å²) in [5.41, 5.74) is 8.85. The highest BCUT2D eigenvalue weighted by atomic mass is 79.9. The molecule has 2 aromatic carbocycles. The molecule has 0 aliphatic rings. The normalized spacial score (nSPS) is 11.3. The summed E-state index contributed by atoms with van der Waals surface area (Å²) in [6, 6.07) is 13.3. The SMILES string of the molecule is CC(C)N(Cc1ccccc1N)Cc1cccc(F)c1Br. The number of hydrogen-bond acceptors (Lipinski definition) is 2. The van der Waals surface area contributed by atoms with Crippen LogP contribution in [0.4, 0.5) is 10.1 Å². The zero-order valence-electron chi connectivity index (χ0n) is 12.3. The molecule has 0 saturated heterocycles. The summed E-state index contributed by atoms with van der Waals surface area (Å²) in [5.74, 6) is -0.226. The minimum Gasteiger partial charge on any atom is -0.398 e. The van der Waals surface area contributed by atoms with E-state index in [1.807, 2.05) is 30.3 Å². The molecule has 0 unspecified atom stereocenters. The number of rotatable bonds is 5. The van der Waals surface area contributed by atoms with Gasteiger partial charge in [0.05, 0.1) is 4.47 Å². The van der Waals surface area contributed by atoms with Crippen LogP contribution in [0.5, 0.6) is 0 Å². The Balaban J connectivity index is 2.20. The Hall–Kier alpha value is -1.39. The number of para-hydroxylation sites is 1. The molecule has 0 radical (unpaired) electrons. The lowest BCUT2D eigenvalue weighted by Gasteiger charge is -2.27. The van der Waals surface area contributed by atoms with Crippen molar-refractivity contribution in [3.05, 3.63) is 63.9 Å². The predicted molar refractivity (Wildman–Crippen MR) is 89.3 cm³/mol. The highest BCUT2D eigenvalue weighted by Crippen LogP contribution is 2.24. The maximum absolute atomic E-state index is 13.6. The van der Waals surface area contributed by atoms with Gasteiger partial charge in [0.1, 0.15) is 5.82 Å². The molecule has 0 amide bonds. The monoisotopic (exact) mass is 350 g/mol. The zero-order valence-corrected chi connectivity index (χ0v) is 13.9. The molecule has 112 valence electrons. The lowest BCUT2D eigenvalue weighted by atomic mass is 10.1. The lowest BCUT2D eigenvalue weighted by molar-refractivity contribution is 0.203. The van der Waals surface area contributed by atoms with Gasteiger partial charge in [-0.05, 0) is 53.0 Å². The molecule has 2 aromatic rings. The number of benzene rings is 2. The number of nitrogen functional groups attached to an aromatic ring is 1. The fraction of sp³-hybridized carbons (Fsp3) is 0.294. The number of hydrogen-bond donors (Lipinski definition) is 1. The topological polar surface area (TPSA) is 29.3 Å². The van der Waals surface area contributed by atoms with Gasteiger partial charge in [-0.25, -0.2) is 4.39 Å². The average Bonchev–Trinajstić information content (AvgIpc) is 2.45. The first kappa shape index (κ1) is 16.0. The molecule has 2 nitrogen and oxygen atoms in total. The first-order valence-corrected chi connectivity index (χ1v) is 7.78. The van der Waals surface area contributed by atoms with Crippen LogP contribution in [0.2, 0.25) is 0 Å². The first-order chi connectivity index (χ1) is 9.99. The average molecular weight is 351 g/mol. The van der Waals surface area contributed by atoms with Crippen molar-refractivity contribution in [3.8, 4) is 0 Å². The summed E-state index contributed by atoms with van der Waals surface area (Å²) >= 11 is 3.33. The van der Waals surface area contributed by atoms with Crippen LogP contribution in [0.25, 0.3) is 0 Å². The van der Waals surface area contributed by atoms with E-state index in [0.29, 0.717) is 17.1 Å². The largest absolute Gasteiger partial charge is 0.398 e. The summed E-state index contributed by atoms with van der Waals surface area (Å²) in [5, 5.41) is 0. The Labute approximate surface area is 133 Å². The number of halogens is 2. The van der Waals surface area contributed by atoms with Crippen molar-refractivity contribution in [3.63, 3.8) is 0 Å². The number of anilines is 1. The fourth-order valence-corrected chi connectivity index (χ4v) is 2.60. The minimum atomic E-state index is -0.226. The molecule has 4 heteroatoms. The van der Waals surface area contributed by atoms with E-state index in [9.17, 15) is 4.39 Å². The molecule has 0 aliphatic heterocycles. The van der Waals surface area contributed by atoms with Gasteiger partial charge >= 0.3 is 0 Å². The third-order valence-corrected chi connectivity index (χ3v) is 4.45. The third kappa shape index (κ3) is 4.05. The molecule has 21 heavy (non-hydrogen) atoms. The second kappa shape index (κ2) is 7.05. The smallest absolute Gasteiger partial charge is 0.137 e. The molecule has 0 aromatic heterocycles. The van der Waals surface area contributed by atoms with E-state index >= 15 is 0 Å². The van der Waals surface area contributed by atoms with Crippen LogP contribution in [0.15, 0.2) is 46.9 Å². The van der Waals surface area contributed by atoms with Crippen molar-refractivity contribution in [1.82, 2.24) is 4.90 Å². The van der Waals surface area contributed by atoms with Gasteiger partial charge in [0.15, 0.2) is 0 Å². The lowest BCUT2D eigenvalue weighted by Crippen LogP contribution is -2.30. The van der Waals surface area contributed by atoms with Gasteiger partial charge in [-0.1, -0.05) is 30.3 Å². The summed E-state index contributed by atoms with van der Waals surface area (Å²) in [4.78, 5) is 2.27. The van der Waals surface area contributed by atoms with Gasteiger partial charge in [0, 0.05) is 24.8 Å². The van der Waals surface area contributed by atoms with Gasteiger partial charge in [-0.15, -0.1) is 0 Å². The third-order valence-electron chi connectivity index (χ3n) is 3.56. The summed E-state index contributed by atoms with van der Waals surface area (Å²) < 4.78 is 14.2. The molecule has 2 rings (SSSR count). The van der Waals surface area contributed by atoms with Gasteiger partial charge in [-0.2, -0.15) is 0 Å². The van der Waals surface area contributed by atoms with Crippen molar-refractivity contribution in [2.24, 2.45) is 0 Å². The Morgan fingerprint density at radius 2 is 1.67 bits per heavy atom. The molecule has 0 heterocycles. The van der Waals surface area contributed by atoms with E-state index in [4.69, 9.17) is 5.73 Å². The molecule has 0 bridgehead atoms. The van der Waals surface area contributed by atoms with Crippen molar-refractivity contribution in [1.29, 1.82) is 0 Å². The highest BCUT2D eigenvalue weighted by Gasteiger charge is 2.15. The van der Waals surface area contributed by atoms with Crippen LogP contribution in [0.3, 0.4) is 0 Å². The Morgan fingerprint density at radius 3 is 2.33 bits per heavy atom. The maximum atomic E-state index is 13.6. The highest BCUT2D eigenvalue weighted by molar-refractivity contribution is 9.10. The van der Waals surface area contributed by atoms with E-state index < -0.39 is 0 Å². The standard InChI is InChI=1S/C17H20BrFN2/c1-12(2)21(10-13-6-3-4-9-16(13)20)11-14-7-5-8-15(19)17(14)18/h3-9,12H,10-11,20H2,1-2H3. The van der Waals surface area contributed by atoms with Crippen LogP contribution in [0, 0.1) is 5.82 Å². The molecule has 2 N–H and O–H groups in total. The van der Waals surface area contributed by atoms with Gasteiger partial charge in [0.2, 0.25) is 0 Å². The molecule has 0 atom stereocenters. The zero-order chi connectivity index (χ0) is 15.4. The molecule has 0 saturated carbocycles. The quantitative estimate of drug-likeness (QED) is 0.799. The van der Waals surface area contributed by atoms with Crippen molar-refractivity contribution >= 4 is 21.6 Å². The van der Waals surface area contributed by atoms with Crippen LogP contribution in [-0.2, 0) is 13.1 Å². The van der Waals surface area contributed by atoms with Crippen LogP contribution >= 0.6 is 15.9 Å². The van der Waals surface area contributed by atoms with E-state index in [1.165, 1.54) is 6.07 Å². The molecule has 0 spiro atoms. The molecule has 0 aliphatic carbocycles. The Bertz CT molecular complexity index is 613. The van der Waals surface area contributed by atoms with Crippen LogP contribution in [-0.4, -0.2) is 10.9 Å². The second-order valence-electron chi connectivity index (χ2n) is 5.41. The number of nitrogens with zero attached hydrogens (tertiary/aromatic N) is 1. The van der Waals surface area contributed by atoms with Crippen molar-refractivity contribution in [2.75, 3.05) is 5.73 Å². The Kier molecular flexibility index (Phi) is 5.37. The van der Waals surface area contributed by atoms with Crippen LogP contribution in [0.1, 0.15) is 25.0 Å². The van der Waals surface area contributed by atoms with E-state index in [0.717, 1.165) is 23.4 Å². The summed E-state index contributed by atoms with van der Waals surface area (Å²) in [6.07, 6.45) is 0. The van der Waals surface area contributed by atoms with Gasteiger partial charge < -0.3 is 5.73 Å². The van der Waals surface area contributed by atoms with Gasteiger partial charge in [0.25, 0.3) is 0 Å². The van der Waals surface area contributed by atoms with Crippen molar-refractivity contribution < 1.29 is 4.39 Å². The van der Waals surface area contributed by atoms with Crippen LogP contribution < -0.4 is 5.73 Å². The van der Waals surface area contributed by atoms with Gasteiger partial charge in [-0.3, -0.25) is 4.90 Å². The first-order valence-electron chi connectivity index (χ1n) is 6.99. The number of nitrogens with two attached hydrogens (primary N) is 1. The maximum Gasteiger partial charge on any atom is 0.137 e. The van der Waals surface area contributed by atoms with E-state index in [-0.39, 0.29) is 5.82 Å². The molecular weight excluding hydrogens is 331 g/mol. The molecule has 0 fully saturated rings. The summed E-state index contributed by atoms with van der Waals surface area (Å²) in [7, 11) is 0. The Morgan fingerprint density at radius 1 is 1.05 bits per heavy atom. The molecular formula is C17H20BrFN2. The minimum absolute atomic E-state index is 0.226. The second-order valence-corrected chi connectivity index (χ2v) is 6.20. The summed E-state index contributed by atoms with van der Waals surface area (Å²) in [6.45, 7) is 5.68. The van der Waals surface area contributed by atoms with Crippen molar-refractivity contribution in [2.45, 2.75) is 33.0 Å². The van der Waals surface area contributed by atoms with E-state index in [2.05, 4.69) is 34.7 Å².